The molecule has 0 spiro atoms. The quantitative estimate of drug-likeness (QED) is 0.782. The topological polar surface area (TPSA) is 40.6 Å². The Balaban J connectivity index is 1.13. The highest BCUT2D eigenvalue weighted by Gasteiger charge is 2.52. The van der Waals surface area contributed by atoms with Crippen LogP contribution in [0, 0.1) is 5.92 Å². The summed E-state index contributed by atoms with van der Waals surface area (Å²) >= 11 is 1.86. The first-order chi connectivity index (χ1) is 13.2. The molecule has 2 aliphatic carbocycles. The third-order valence-corrected chi connectivity index (χ3v) is 8.23. The van der Waals surface area contributed by atoms with Gasteiger partial charge in [-0.15, -0.1) is 11.8 Å². The molecule has 1 aromatic carbocycles. The zero-order valence-electron chi connectivity index (χ0n) is 15.8. The fraction of sp³-hybridized carbons (Fsp3) is 0.636. The Labute approximate surface area is 165 Å². The summed E-state index contributed by atoms with van der Waals surface area (Å²) in [4.78, 5) is 29.7. The first-order valence-electron chi connectivity index (χ1n) is 10.5. The molecule has 3 aliphatic heterocycles. The number of amides is 2. The molecule has 0 N–H and O–H groups in total. The lowest BCUT2D eigenvalue weighted by Crippen LogP contribution is -2.71. The van der Waals surface area contributed by atoms with Gasteiger partial charge in [0.2, 0.25) is 11.8 Å². The molecule has 5 heteroatoms. The van der Waals surface area contributed by atoms with Crippen LogP contribution in [0.15, 0.2) is 30.3 Å². The number of carbonyl (C=O) groups excluding carboxylic acids is 2. The van der Waals surface area contributed by atoms with E-state index in [-0.39, 0.29) is 18.0 Å². The molecule has 0 aromatic heterocycles. The summed E-state index contributed by atoms with van der Waals surface area (Å²) in [6.07, 6.45) is 7.26. The van der Waals surface area contributed by atoms with Gasteiger partial charge in [0.05, 0.1) is 17.8 Å². The summed E-state index contributed by atoms with van der Waals surface area (Å²) in [6.45, 7) is 1.49. The minimum atomic E-state index is 0.159. The molecule has 144 valence electrons. The predicted octanol–water partition coefficient (Wildman–Crippen LogP) is 3.28. The minimum Gasteiger partial charge on any atom is -0.338 e. The Bertz CT molecular complexity index is 706. The van der Waals surface area contributed by atoms with Crippen LogP contribution in [0.25, 0.3) is 0 Å². The van der Waals surface area contributed by atoms with Crippen LogP contribution < -0.4 is 0 Å². The van der Waals surface area contributed by atoms with E-state index in [4.69, 9.17) is 0 Å². The Hall–Kier alpha value is -1.49. The van der Waals surface area contributed by atoms with Crippen LogP contribution in [0.3, 0.4) is 0 Å². The third kappa shape index (κ3) is 3.39. The van der Waals surface area contributed by atoms with Crippen LogP contribution in [0.4, 0.5) is 0 Å². The van der Waals surface area contributed by atoms with E-state index in [1.807, 2.05) is 22.7 Å². The van der Waals surface area contributed by atoms with Crippen LogP contribution in [0.1, 0.15) is 50.0 Å². The van der Waals surface area contributed by atoms with E-state index in [1.54, 1.807) is 0 Å². The lowest BCUT2D eigenvalue weighted by molar-refractivity contribution is -0.159. The van der Waals surface area contributed by atoms with Crippen molar-refractivity contribution in [3.05, 3.63) is 35.9 Å². The summed E-state index contributed by atoms with van der Waals surface area (Å²) in [7, 11) is 0. The maximum absolute atomic E-state index is 12.9. The van der Waals surface area contributed by atoms with Crippen molar-refractivity contribution in [1.82, 2.24) is 9.80 Å². The second-order valence-corrected chi connectivity index (χ2v) is 9.95. The summed E-state index contributed by atoms with van der Waals surface area (Å²) in [5.41, 5.74) is 1.29. The van der Waals surface area contributed by atoms with Gasteiger partial charge in [0.15, 0.2) is 0 Å². The standard InChI is InChI=1S/C22H28N2O2S/c25-21(14-27-18-8-4-5-9-18)24-16-10-17(24)13-23(12-16)22(26)20-11-19(20)15-6-2-1-3-7-15/h1-3,6-7,16-20H,4-5,8-14H2/t16?,17?,19-,20?/m1/s1. The molecule has 1 aromatic rings. The van der Waals surface area contributed by atoms with Gasteiger partial charge in [-0.2, -0.15) is 0 Å². The number of hydrogen-bond donors (Lipinski definition) is 0. The molecule has 2 amide bonds. The molecule has 3 heterocycles. The first kappa shape index (κ1) is 17.6. The number of carbonyl (C=O) groups is 2. The molecular formula is C22H28N2O2S. The van der Waals surface area contributed by atoms with Crippen LogP contribution in [0.5, 0.6) is 0 Å². The molecule has 3 saturated heterocycles. The van der Waals surface area contributed by atoms with E-state index in [2.05, 4.69) is 29.2 Å². The van der Waals surface area contributed by atoms with Crippen LogP contribution in [-0.2, 0) is 9.59 Å². The van der Waals surface area contributed by atoms with E-state index in [9.17, 15) is 9.59 Å². The van der Waals surface area contributed by atoms with Gasteiger partial charge in [0.25, 0.3) is 0 Å². The number of fused-ring (bicyclic) bond motifs is 2. The molecule has 27 heavy (non-hydrogen) atoms. The van der Waals surface area contributed by atoms with Crippen molar-refractivity contribution in [3.63, 3.8) is 0 Å². The number of piperidine rings is 1. The second-order valence-electron chi connectivity index (χ2n) is 8.66. The van der Waals surface area contributed by atoms with Crippen LogP contribution in [0.2, 0.25) is 0 Å². The molecule has 0 radical (unpaired) electrons. The molecule has 3 unspecified atom stereocenters. The van der Waals surface area contributed by atoms with Crippen molar-refractivity contribution in [1.29, 1.82) is 0 Å². The number of rotatable bonds is 5. The van der Waals surface area contributed by atoms with Crippen molar-refractivity contribution >= 4 is 23.6 Å². The van der Waals surface area contributed by atoms with Gasteiger partial charge in [-0.05, 0) is 37.2 Å². The fourth-order valence-electron chi connectivity index (χ4n) is 5.29. The predicted molar refractivity (Wildman–Crippen MR) is 108 cm³/mol. The molecule has 2 bridgehead atoms. The SMILES string of the molecule is O=C(C1C[C@@H]1c1ccccc1)N1CC2CC(C1)N2C(=O)CSC1CCCC1. The van der Waals surface area contributed by atoms with E-state index in [1.165, 1.54) is 31.2 Å². The molecule has 2 saturated carbocycles. The summed E-state index contributed by atoms with van der Waals surface area (Å²) < 4.78 is 0. The Morgan fingerprint density at radius 3 is 2.41 bits per heavy atom. The van der Waals surface area contributed by atoms with Crippen molar-refractivity contribution in [2.75, 3.05) is 18.8 Å². The summed E-state index contributed by atoms with van der Waals surface area (Å²) in [6, 6.07) is 10.9. The van der Waals surface area contributed by atoms with Gasteiger partial charge in [0, 0.05) is 24.3 Å². The number of benzene rings is 1. The largest absolute Gasteiger partial charge is 0.338 e. The molecule has 5 aliphatic rings. The number of nitrogens with zero attached hydrogens (tertiary/aromatic N) is 2. The highest BCUT2D eigenvalue weighted by molar-refractivity contribution is 8.00. The zero-order chi connectivity index (χ0) is 18.4. The Kier molecular flexibility index (Phi) is 4.66. The molecule has 6 rings (SSSR count). The van der Waals surface area contributed by atoms with Gasteiger partial charge in [-0.25, -0.2) is 0 Å². The number of hydrogen-bond acceptors (Lipinski definition) is 3. The van der Waals surface area contributed by atoms with Crippen molar-refractivity contribution < 1.29 is 9.59 Å². The minimum absolute atomic E-state index is 0.159. The zero-order valence-corrected chi connectivity index (χ0v) is 16.6. The highest BCUT2D eigenvalue weighted by atomic mass is 32.2. The Morgan fingerprint density at radius 2 is 1.70 bits per heavy atom. The molecule has 5 fully saturated rings. The van der Waals surface area contributed by atoms with Crippen LogP contribution in [-0.4, -0.2) is 57.8 Å². The van der Waals surface area contributed by atoms with Crippen LogP contribution >= 0.6 is 11.8 Å². The van der Waals surface area contributed by atoms with Crippen molar-refractivity contribution in [2.45, 2.75) is 61.8 Å². The molecule has 4 atom stereocenters. The third-order valence-electron chi connectivity index (χ3n) is 6.87. The lowest BCUT2D eigenvalue weighted by Gasteiger charge is -2.56. The van der Waals surface area contributed by atoms with Gasteiger partial charge in [0.1, 0.15) is 0 Å². The van der Waals surface area contributed by atoms with E-state index < -0.39 is 0 Å². The average Bonchev–Trinajstić information content (AvgIpc) is 3.33. The van der Waals surface area contributed by atoms with Crippen molar-refractivity contribution in [3.8, 4) is 0 Å². The fourth-order valence-corrected chi connectivity index (χ4v) is 6.48. The highest BCUT2D eigenvalue weighted by Crippen LogP contribution is 2.49. The van der Waals surface area contributed by atoms with Gasteiger partial charge in [-0.1, -0.05) is 43.2 Å². The Morgan fingerprint density at radius 1 is 1.00 bits per heavy atom. The monoisotopic (exact) mass is 384 g/mol. The smallest absolute Gasteiger partial charge is 0.233 e. The van der Waals surface area contributed by atoms with Gasteiger partial charge < -0.3 is 9.80 Å². The first-order valence-corrected chi connectivity index (χ1v) is 11.5. The second kappa shape index (κ2) is 7.16. The number of thioether (sulfide) groups is 1. The lowest BCUT2D eigenvalue weighted by atomic mass is 9.87. The van der Waals surface area contributed by atoms with E-state index in [0.29, 0.717) is 28.7 Å². The maximum Gasteiger partial charge on any atom is 0.233 e. The van der Waals surface area contributed by atoms with Gasteiger partial charge in [-0.3, -0.25) is 9.59 Å². The average molecular weight is 385 g/mol. The maximum atomic E-state index is 12.9. The van der Waals surface area contributed by atoms with E-state index >= 15 is 0 Å². The normalized spacial score (nSPS) is 32.3. The summed E-state index contributed by atoms with van der Waals surface area (Å²) in [5.74, 6) is 1.80. The van der Waals surface area contributed by atoms with Gasteiger partial charge >= 0.3 is 0 Å². The molecule has 4 nitrogen and oxygen atoms in total. The van der Waals surface area contributed by atoms with E-state index in [0.717, 1.165) is 25.9 Å². The number of piperazine rings is 1. The van der Waals surface area contributed by atoms with Crippen molar-refractivity contribution in [2.24, 2.45) is 5.92 Å². The molecular weight excluding hydrogens is 356 g/mol. The summed E-state index contributed by atoms with van der Waals surface area (Å²) in [5, 5.41) is 0.693.